The first kappa shape index (κ1) is 35.2. The van der Waals surface area contributed by atoms with Crippen LogP contribution in [0.3, 0.4) is 0 Å². The zero-order valence-electron chi connectivity index (χ0n) is 28.1. The van der Waals surface area contributed by atoms with Gasteiger partial charge in [0.15, 0.2) is 11.9 Å². The number of nitrogens with one attached hydrogen (secondary N) is 1. The van der Waals surface area contributed by atoms with E-state index in [1.165, 1.54) is 10.2 Å². The molecule has 0 aliphatic carbocycles. The van der Waals surface area contributed by atoms with Crippen molar-refractivity contribution in [2.45, 2.75) is 37.4 Å². The van der Waals surface area contributed by atoms with Crippen LogP contribution in [0.15, 0.2) is 84.3 Å². The topological polar surface area (TPSA) is 180 Å². The van der Waals surface area contributed by atoms with E-state index in [1.54, 1.807) is 68.1 Å². The molecule has 1 saturated heterocycles. The number of aromatic nitrogens is 5. The lowest BCUT2D eigenvalue weighted by atomic mass is 10.0. The minimum atomic E-state index is -4.12. The number of hydrogen-bond acceptors (Lipinski definition) is 13. The molecule has 2 aromatic carbocycles. The van der Waals surface area contributed by atoms with E-state index in [1.807, 2.05) is 31.2 Å². The molecule has 52 heavy (non-hydrogen) atoms. The first-order valence-electron chi connectivity index (χ1n) is 16.3. The molecular weight excluding hydrogens is 709 g/mol. The molecule has 6 aromatic rings. The van der Waals surface area contributed by atoms with Crippen LogP contribution < -0.4 is 14.8 Å². The molecule has 0 bridgehead atoms. The molecule has 0 saturated carbocycles. The maximum absolute atomic E-state index is 14.3. The van der Waals surface area contributed by atoms with Crippen molar-refractivity contribution in [2.24, 2.45) is 0 Å². The van der Waals surface area contributed by atoms with Crippen LogP contribution in [0, 0.1) is 6.92 Å². The normalized spacial score (nSPS) is 15.6. The van der Waals surface area contributed by atoms with E-state index >= 15 is 0 Å². The van der Waals surface area contributed by atoms with Crippen molar-refractivity contribution in [1.82, 2.24) is 23.9 Å². The second kappa shape index (κ2) is 15.1. The largest absolute Gasteiger partial charge is 0.750 e. The van der Waals surface area contributed by atoms with Crippen LogP contribution in [0.5, 0.6) is 11.5 Å². The third-order valence-electron chi connectivity index (χ3n) is 8.35. The van der Waals surface area contributed by atoms with Gasteiger partial charge in [0.2, 0.25) is 12.7 Å². The summed E-state index contributed by atoms with van der Waals surface area (Å²) in [6, 6.07) is 15.8. The Hall–Kier alpha value is -5.26. The monoisotopic (exact) mass is 741 g/mol. The van der Waals surface area contributed by atoms with Crippen molar-refractivity contribution in [1.29, 1.82) is 0 Å². The highest BCUT2D eigenvalue weighted by Crippen LogP contribution is 2.37. The standard InChI is InChI=1S/C36H34N6O8S2/c1-23-6-10-29(11-7-23)52(45,46)42-21-30(25-9-13-31-26(16-25)17-28(20-39-31)50-33-5-3-4-14-47-33)34-32(40-36(37-2)41-35(34)42)12-8-24-15-27(19-38-18-24)48-22-49-51(43)44/h6-13,15-21,33H,3-5,14,22H2,1-2H3,(H,43,44)(H,37,40,41)/p-1. The Bertz CT molecular complexity index is 2410. The van der Waals surface area contributed by atoms with Crippen molar-refractivity contribution in [3.63, 3.8) is 0 Å². The summed E-state index contributed by atoms with van der Waals surface area (Å²) in [5.74, 6) is 1.04. The Morgan fingerprint density at radius 2 is 1.88 bits per heavy atom. The lowest BCUT2D eigenvalue weighted by molar-refractivity contribution is -0.106. The van der Waals surface area contributed by atoms with Gasteiger partial charge in [-0.3, -0.25) is 14.2 Å². The van der Waals surface area contributed by atoms with Gasteiger partial charge in [-0.2, -0.15) is 4.98 Å². The predicted octanol–water partition coefficient (Wildman–Crippen LogP) is 5.85. The summed E-state index contributed by atoms with van der Waals surface area (Å²) in [5, 5.41) is 4.21. The molecule has 1 aliphatic rings. The van der Waals surface area contributed by atoms with Gasteiger partial charge in [0.1, 0.15) is 11.5 Å². The summed E-state index contributed by atoms with van der Waals surface area (Å²) in [4.78, 5) is 18.2. The summed E-state index contributed by atoms with van der Waals surface area (Å²) in [7, 11) is -2.47. The Morgan fingerprint density at radius 1 is 1.04 bits per heavy atom. The Balaban J connectivity index is 1.36. The van der Waals surface area contributed by atoms with Gasteiger partial charge in [-0.25, -0.2) is 21.6 Å². The highest BCUT2D eigenvalue weighted by atomic mass is 32.2. The van der Waals surface area contributed by atoms with E-state index in [2.05, 4.69) is 24.5 Å². The van der Waals surface area contributed by atoms with Gasteiger partial charge in [0.25, 0.3) is 10.0 Å². The van der Waals surface area contributed by atoms with Gasteiger partial charge in [-0.15, -0.1) is 0 Å². The summed E-state index contributed by atoms with van der Waals surface area (Å²) >= 11 is -2.73. The molecular formula is C36H33N6O8S2-. The van der Waals surface area contributed by atoms with Crippen molar-refractivity contribution < 1.29 is 35.6 Å². The second-order valence-electron chi connectivity index (χ2n) is 11.9. The predicted molar refractivity (Wildman–Crippen MR) is 194 cm³/mol. The Labute approximate surface area is 302 Å². The molecule has 7 rings (SSSR count). The van der Waals surface area contributed by atoms with Crippen LogP contribution in [0.1, 0.15) is 36.1 Å². The number of anilines is 1. The van der Waals surface area contributed by atoms with E-state index < -0.39 is 28.2 Å². The quantitative estimate of drug-likeness (QED) is 0.117. The minimum absolute atomic E-state index is 0.102. The lowest BCUT2D eigenvalue weighted by Gasteiger charge is -2.23. The smallest absolute Gasteiger partial charge is 0.269 e. The first-order valence-corrected chi connectivity index (χ1v) is 18.7. The summed E-state index contributed by atoms with van der Waals surface area (Å²) in [6.07, 6.45) is 12.2. The molecule has 0 radical (unpaired) electrons. The zero-order valence-corrected chi connectivity index (χ0v) is 29.7. The molecule has 1 aliphatic heterocycles. The number of pyridine rings is 2. The van der Waals surface area contributed by atoms with E-state index in [0.29, 0.717) is 40.1 Å². The molecule has 0 amide bonds. The summed E-state index contributed by atoms with van der Waals surface area (Å²) in [6.45, 7) is 2.02. The van der Waals surface area contributed by atoms with E-state index in [0.717, 1.165) is 35.7 Å². The Kier molecular flexibility index (Phi) is 10.2. The average Bonchev–Trinajstić information content (AvgIpc) is 3.55. The molecule has 1 fully saturated rings. The Morgan fingerprint density at radius 3 is 2.65 bits per heavy atom. The van der Waals surface area contributed by atoms with Crippen LogP contribution in [0.4, 0.5) is 5.95 Å². The lowest BCUT2D eigenvalue weighted by Crippen LogP contribution is -2.24. The third-order valence-corrected chi connectivity index (χ3v) is 10.3. The minimum Gasteiger partial charge on any atom is -0.750 e. The number of benzene rings is 2. The summed E-state index contributed by atoms with van der Waals surface area (Å²) in [5.41, 5.74) is 4.09. The number of fused-ring (bicyclic) bond motifs is 2. The maximum Gasteiger partial charge on any atom is 0.269 e. The van der Waals surface area contributed by atoms with Crippen LogP contribution in [0.2, 0.25) is 0 Å². The highest BCUT2D eigenvalue weighted by Gasteiger charge is 2.26. The van der Waals surface area contributed by atoms with Crippen molar-refractivity contribution in [2.75, 3.05) is 25.8 Å². The zero-order chi connectivity index (χ0) is 36.2. The molecule has 268 valence electrons. The van der Waals surface area contributed by atoms with Gasteiger partial charge >= 0.3 is 0 Å². The highest BCUT2D eigenvalue weighted by molar-refractivity contribution is 7.90. The fraction of sp³-hybridized carbons (Fsp3) is 0.222. The van der Waals surface area contributed by atoms with E-state index in [4.69, 9.17) is 19.2 Å². The molecule has 2 atom stereocenters. The van der Waals surface area contributed by atoms with Crippen LogP contribution >= 0.6 is 0 Å². The van der Waals surface area contributed by atoms with Gasteiger partial charge in [0, 0.05) is 36.8 Å². The van der Waals surface area contributed by atoms with Crippen LogP contribution in [-0.2, 0) is 30.3 Å². The maximum atomic E-state index is 14.3. The number of ether oxygens (including phenoxy) is 3. The SMILES string of the molecule is CNc1nc(C=Cc2cncc(OCOS(=O)[O-])c2)c2c(-c3ccc4ncc(OC5CCCCO5)cc4c3)cn(S(=O)(=O)c3ccc(C)cc3)c2n1. The number of rotatable bonds is 12. The molecule has 5 heterocycles. The number of nitrogens with zero attached hydrogens (tertiary/aromatic N) is 5. The van der Waals surface area contributed by atoms with E-state index in [-0.39, 0.29) is 28.5 Å². The van der Waals surface area contributed by atoms with E-state index in [9.17, 15) is 17.2 Å². The van der Waals surface area contributed by atoms with Crippen LogP contribution in [-0.4, -0.2) is 67.8 Å². The second-order valence-corrected chi connectivity index (χ2v) is 14.4. The fourth-order valence-electron chi connectivity index (χ4n) is 5.80. The van der Waals surface area contributed by atoms with Gasteiger partial charge < -0.3 is 24.1 Å². The molecule has 0 spiro atoms. The first-order chi connectivity index (χ1) is 25.2. The van der Waals surface area contributed by atoms with Gasteiger partial charge in [-0.1, -0.05) is 29.8 Å². The molecule has 1 N–H and O–H groups in total. The number of hydrogen-bond donors (Lipinski definition) is 1. The van der Waals surface area contributed by atoms with Gasteiger partial charge in [0.05, 0.1) is 51.9 Å². The third kappa shape index (κ3) is 7.66. The number of aryl methyl sites for hydroxylation is 1. The molecule has 14 nitrogen and oxygen atoms in total. The van der Waals surface area contributed by atoms with Gasteiger partial charge in [-0.05, 0) is 73.4 Å². The van der Waals surface area contributed by atoms with Crippen molar-refractivity contribution in [3.8, 4) is 22.6 Å². The average molecular weight is 742 g/mol. The molecule has 2 unspecified atom stereocenters. The van der Waals surface area contributed by atoms with Crippen molar-refractivity contribution in [3.05, 3.63) is 96.2 Å². The van der Waals surface area contributed by atoms with Crippen molar-refractivity contribution >= 4 is 61.4 Å². The van der Waals surface area contributed by atoms with Crippen LogP contribution in [0.25, 0.3) is 45.2 Å². The summed E-state index contributed by atoms with van der Waals surface area (Å²) < 4.78 is 72.8. The fourth-order valence-corrected chi connectivity index (χ4v) is 7.23. The molecule has 4 aromatic heterocycles. The molecule has 16 heteroatoms.